The molecule has 0 unspecified atom stereocenters. The van der Waals surface area contributed by atoms with Crippen LogP contribution in [0.1, 0.15) is 18.2 Å². The maximum atomic E-state index is 13.2. The van der Waals surface area contributed by atoms with Crippen LogP contribution in [0.3, 0.4) is 0 Å². The molecule has 96 valence electrons. The summed E-state index contributed by atoms with van der Waals surface area (Å²) < 4.78 is 15.8. The van der Waals surface area contributed by atoms with Crippen molar-refractivity contribution in [1.29, 1.82) is 0 Å². The van der Waals surface area contributed by atoms with Crippen molar-refractivity contribution in [3.8, 4) is 0 Å². The highest BCUT2D eigenvalue weighted by Gasteiger charge is 2.07. The predicted molar refractivity (Wildman–Crippen MR) is 74.0 cm³/mol. The molecule has 2 aromatic rings. The lowest BCUT2D eigenvalue weighted by atomic mass is 10.2. The second-order valence-electron chi connectivity index (χ2n) is 4.11. The van der Waals surface area contributed by atoms with Gasteiger partial charge >= 0.3 is 0 Å². The fourth-order valence-corrected chi connectivity index (χ4v) is 2.20. The first-order valence-corrected chi connectivity index (χ1v) is 6.59. The highest BCUT2D eigenvalue weighted by Crippen LogP contribution is 2.20. The summed E-state index contributed by atoms with van der Waals surface area (Å²) in [5, 5.41) is 7.64. The zero-order valence-electron chi connectivity index (χ0n) is 10.4. The third-order valence-electron chi connectivity index (χ3n) is 2.72. The van der Waals surface area contributed by atoms with E-state index in [9.17, 15) is 4.39 Å². The summed E-state index contributed by atoms with van der Waals surface area (Å²) in [6.45, 7) is 2.63. The van der Waals surface area contributed by atoms with Crippen molar-refractivity contribution in [3.05, 3.63) is 45.9 Å². The molecule has 3 nitrogen and oxygen atoms in total. The third kappa shape index (κ3) is 2.90. The van der Waals surface area contributed by atoms with Gasteiger partial charge in [0.15, 0.2) is 0 Å². The van der Waals surface area contributed by atoms with E-state index in [1.807, 2.05) is 13.2 Å². The predicted octanol–water partition coefficient (Wildman–Crippen LogP) is 3.50. The van der Waals surface area contributed by atoms with Gasteiger partial charge < -0.3 is 5.32 Å². The molecular weight excluding hydrogens is 297 g/mol. The van der Waals surface area contributed by atoms with Crippen molar-refractivity contribution in [1.82, 2.24) is 9.78 Å². The highest BCUT2D eigenvalue weighted by atomic mass is 79.9. The summed E-state index contributed by atoms with van der Waals surface area (Å²) in [6, 6.07) is 4.69. The van der Waals surface area contributed by atoms with Gasteiger partial charge in [-0.1, -0.05) is 22.9 Å². The van der Waals surface area contributed by atoms with Crippen molar-refractivity contribution in [2.24, 2.45) is 7.05 Å². The van der Waals surface area contributed by atoms with Crippen molar-refractivity contribution in [2.75, 3.05) is 5.32 Å². The Hall–Kier alpha value is -1.36. The zero-order chi connectivity index (χ0) is 13.1. The van der Waals surface area contributed by atoms with Crippen molar-refractivity contribution >= 4 is 21.6 Å². The smallest absolute Gasteiger partial charge is 0.123 e. The third-order valence-corrected chi connectivity index (χ3v) is 3.49. The summed E-state index contributed by atoms with van der Waals surface area (Å²) in [4.78, 5) is 0. The second-order valence-corrected chi connectivity index (χ2v) is 4.96. The topological polar surface area (TPSA) is 29.9 Å². The van der Waals surface area contributed by atoms with Gasteiger partial charge in [0.2, 0.25) is 0 Å². The second kappa shape index (κ2) is 5.52. The molecular formula is C13H15BrFN3. The fraction of sp³-hybridized carbons (Fsp3) is 0.308. The molecule has 0 atom stereocenters. The molecule has 1 aromatic heterocycles. The Morgan fingerprint density at radius 2 is 2.22 bits per heavy atom. The van der Waals surface area contributed by atoms with Gasteiger partial charge in [0.1, 0.15) is 5.82 Å². The van der Waals surface area contributed by atoms with Gasteiger partial charge in [0.25, 0.3) is 0 Å². The van der Waals surface area contributed by atoms with E-state index in [2.05, 4.69) is 33.3 Å². The number of aromatic nitrogens is 2. The molecule has 0 bridgehead atoms. The first-order valence-electron chi connectivity index (χ1n) is 5.80. The molecule has 0 radical (unpaired) electrons. The molecule has 0 aliphatic carbocycles. The lowest BCUT2D eigenvalue weighted by Gasteiger charge is -2.07. The van der Waals surface area contributed by atoms with Crippen molar-refractivity contribution < 1.29 is 4.39 Å². The number of rotatable bonds is 4. The minimum Gasteiger partial charge on any atom is -0.378 e. The summed E-state index contributed by atoms with van der Waals surface area (Å²) in [6.07, 6.45) is 2.81. The normalized spacial score (nSPS) is 10.7. The number of aryl methyl sites for hydroxylation is 2. The molecule has 0 saturated carbocycles. The van der Waals surface area contributed by atoms with Gasteiger partial charge in [-0.25, -0.2) is 4.39 Å². The minimum atomic E-state index is -0.225. The zero-order valence-corrected chi connectivity index (χ0v) is 12.0. The molecule has 0 aliphatic heterocycles. The summed E-state index contributed by atoms with van der Waals surface area (Å²) in [7, 11) is 1.89. The van der Waals surface area contributed by atoms with Crippen LogP contribution in [0.15, 0.2) is 28.9 Å². The lowest BCUT2D eigenvalue weighted by Crippen LogP contribution is -2.02. The van der Waals surface area contributed by atoms with Gasteiger partial charge in [-0.2, -0.15) is 5.10 Å². The fourth-order valence-electron chi connectivity index (χ4n) is 1.81. The molecule has 0 aliphatic rings. The van der Waals surface area contributed by atoms with E-state index >= 15 is 0 Å². The SMILES string of the molecule is CCc1nn(C)cc1NCc1cc(F)ccc1Br. The van der Waals surface area contributed by atoms with Crippen LogP contribution >= 0.6 is 15.9 Å². The Kier molecular flexibility index (Phi) is 4.01. The van der Waals surface area contributed by atoms with Crippen molar-refractivity contribution in [3.63, 3.8) is 0 Å². The molecule has 18 heavy (non-hydrogen) atoms. The van der Waals surface area contributed by atoms with Crippen LogP contribution in [-0.2, 0) is 20.0 Å². The van der Waals surface area contributed by atoms with E-state index in [-0.39, 0.29) is 5.82 Å². The van der Waals surface area contributed by atoms with Crippen LogP contribution in [-0.4, -0.2) is 9.78 Å². The molecule has 1 heterocycles. The first kappa shape index (κ1) is 13.1. The average Bonchev–Trinajstić information content (AvgIpc) is 2.71. The first-order chi connectivity index (χ1) is 8.60. The molecule has 0 fully saturated rings. The molecule has 2 rings (SSSR count). The van der Waals surface area contributed by atoms with Crippen LogP contribution in [0.2, 0.25) is 0 Å². The van der Waals surface area contributed by atoms with Gasteiger partial charge in [-0.05, 0) is 30.2 Å². The molecule has 0 amide bonds. The van der Waals surface area contributed by atoms with E-state index in [0.717, 1.165) is 27.8 Å². The Balaban J connectivity index is 2.13. The number of benzene rings is 1. The molecule has 0 spiro atoms. The standard InChI is InChI=1S/C13H15BrFN3/c1-3-12-13(8-18(2)17-12)16-7-9-6-10(15)4-5-11(9)14/h4-6,8,16H,3,7H2,1-2H3. The van der Waals surface area contributed by atoms with Crippen molar-refractivity contribution in [2.45, 2.75) is 19.9 Å². The monoisotopic (exact) mass is 311 g/mol. The van der Waals surface area contributed by atoms with E-state index in [1.165, 1.54) is 12.1 Å². The van der Waals surface area contributed by atoms with Gasteiger partial charge in [0.05, 0.1) is 11.4 Å². The number of halogens is 2. The van der Waals surface area contributed by atoms with Crippen LogP contribution in [0, 0.1) is 5.82 Å². The average molecular weight is 312 g/mol. The quantitative estimate of drug-likeness (QED) is 0.936. The number of anilines is 1. The Morgan fingerprint density at radius 1 is 1.44 bits per heavy atom. The van der Waals surface area contributed by atoms with E-state index < -0.39 is 0 Å². The van der Waals surface area contributed by atoms with E-state index in [0.29, 0.717) is 6.54 Å². The summed E-state index contributed by atoms with van der Waals surface area (Å²) in [5.74, 6) is -0.225. The van der Waals surface area contributed by atoms with Crippen LogP contribution in [0.4, 0.5) is 10.1 Å². The maximum Gasteiger partial charge on any atom is 0.123 e. The number of nitrogens with zero attached hydrogens (tertiary/aromatic N) is 2. The Morgan fingerprint density at radius 3 is 2.94 bits per heavy atom. The molecule has 1 N–H and O–H groups in total. The van der Waals surface area contributed by atoms with Gasteiger partial charge in [0, 0.05) is 24.3 Å². The number of hydrogen-bond acceptors (Lipinski definition) is 2. The largest absolute Gasteiger partial charge is 0.378 e. The van der Waals surface area contributed by atoms with Gasteiger partial charge in [-0.3, -0.25) is 4.68 Å². The van der Waals surface area contributed by atoms with E-state index in [1.54, 1.807) is 10.7 Å². The molecule has 5 heteroatoms. The highest BCUT2D eigenvalue weighted by molar-refractivity contribution is 9.10. The molecule has 1 aromatic carbocycles. The van der Waals surface area contributed by atoms with Crippen LogP contribution in [0.25, 0.3) is 0 Å². The lowest BCUT2D eigenvalue weighted by molar-refractivity contribution is 0.625. The maximum absolute atomic E-state index is 13.2. The summed E-state index contributed by atoms with van der Waals surface area (Å²) >= 11 is 3.42. The van der Waals surface area contributed by atoms with E-state index in [4.69, 9.17) is 0 Å². The summed E-state index contributed by atoms with van der Waals surface area (Å²) in [5.41, 5.74) is 2.90. The van der Waals surface area contributed by atoms with Crippen LogP contribution in [0.5, 0.6) is 0 Å². The number of nitrogens with one attached hydrogen (secondary N) is 1. The minimum absolute atomic E-state index is 0.225. The number of hydrogen-bond donors (Lipinski definition) is 1. The van der Waals surface area contributed by atoms with Gasteiger partial charge in [-0.15, -0.1) is 0 Å². The Bertz CT molecular complexity index is 551. The van der Waals surface area contributed by atoms with Crippen LogP contribution < -0.4 is 5.32 Å². The Labute approximate surface area is 114 Å². The molecule has 0 saturated heterocycles.